The maximum atomic E-state index is 10.5. The molecule has 1 aromatic heterocycles. The molecular weight excluding hydrogens is 244 g/mol. The van der Waals surface area contributed by atoms with Crippen molar-refractivity contribution in [1.82, 2.24) is 4.98 Å². The van der Waals surface area contributed by atoms with Crippen molar-refractivity contribution in [3.05, 3.63) is 27.4 Å². The van der Waals surface area contributed by atoms with E-state index >= 15 is 0 Å². The van der Waals surface area contributed by atoms with Gasteiger partial charge in [-0.2, -0.15) is 5.26 Å². The zero-order chi connectivity index (χ0) is 13.0. The van der Waals surface area contributed by atoms with Gasteiger partial charge < -0.3 is 4.90 Å². The van der Waals surface area contributed by atoms with Crippen molar-refractivity contribution in [3.8, 4) is 6.07 Å². The van der Waals surface area contributed by atoms with E-state index in [0.717, 1.165) is 6.20 Å². The van der Waals surface area contributed by atoms with E-state index in [4.69, 9.17) is 16.9 Å². The van der Waals surface area contributed by atoms with Crippen molar-refractivity contribution in [2.24, 2.45) is 0 Å². The van der Waals surface area contributed by atoms with Crippen LogP contribution in [-0.2, 0) is 0 Å². The van der Waals surface area contributed by atoms with E-state index in [1.54, 1.807) is 11.9 Å². The third-order valence-corrected chi connectivity index (χ3v) is 2.68. The monoisotopic (exact) mass is 254 g/mol. The number of hydrogen-bond donors (Lipinski definition) is 0. The van der Waals surface area contributed by atoms with Crippen LogP contribution in [-0.4, -0.2) is 23.0 Å². The quantitative estimate of drug-likeness (QED) is 0.608. The molecule has 0 saturated heterocycles. The topological polar surface area (TPSA) is 83.1 Å². The largest absolute Gasteiger partial charge is 0.355 e. The van der Waals surface area contributed by atoms with Crippen LogP contribution in [0.2, 0.25) is 5.02 Å². The third-order valence-electron chi connectivity index (χ3n) is 2.40. The fourth-order valence-electron chi connectivity index (χ4n) is 1.26. The van der Waals surface area contributed by atoms with Crippen LogP contribution in [0.1, 0.15) is 13.3 Å². The van der Waals surface area contributed by atoms with Gasteiger partial charge in [-0.1, -0.05) is 11.6 Å². The number of nitro groups is 1. The average Bonchev–Trinajstić information content (AvgIpc) is 2.28. The Balaban J connectivity index is 3.00. The lowest BCUT2D eigenvalue weighted by Crippen LogP contribution is -2.29. The van der Waals surface area contributed by atoms with Gasteiger partial charge in [0.15, 0.2) is 0 Å². The molecule has 1 heterocycles. The minimum atomic E-state index is -0.554. The minimum Gasteiger partial charge on any atom is -0.355 e. The summed E-state index contributed by atoms with van der Waals surface area (Å²) < 4.78 is 0. The molecular formula is C10H11ClN4O2. The lowest BCUT2D eigenvalue weighted by Gasteiger charge is -2.24. The van der Waals surface area contributed by atoms with Gasteiger partial charge in [0.2, 0.25) is 0 Å². The van der Waals surface area contributed by atoms with E-state index in [1.165, 1.54) is 6.07 Å². The van der Waals surface area contributed by atoms with Gasteiger partial charge in [-0.15, -0.1) is 0 Å². The zero-order valence-electron chi connectivity index (χ0n) is 9.42. The van der Waals surface area contributed by atoms with E-state index < -0.39 is 4.92 Å². The molecule has 0 aliphatic rings. The van der Waals surface area contributed by atoms with Gasteiger partial charge in [0.05, 0.1) is 22.4 Å². The molecule has 0 N–H and O–H groups in total. The van der Waals surface area contributed by atoms with Gasteiger partial charge in [-0.25, -0.2) is 4.98 Å². The second-order valence-corrected chi connectivity index (χ2v) is 3.99. The van der Waals surface area contributed by atoms with E-state index in [2.05, 4.69) is 4.98 Å². The summed E-state index contributed by atoms with van der Waals surface area (Å²) in [5, 5.41) is 19.3. The van der Waals surface area contributed by atoms with E-state index in [1.807, 2.05) is 13.0 Å². The summed E-state index contributed by atoms with van der Waals surface area (Å²) in [6, 6.07) is 3.23. The Hall–Kier alpha value is -1.87. The van der Waals surface area contributed by atoms with Gasteiger partial charge in [-0.05, 0) is 6.92 Å². The van der Waals surface area contributed by atoms with Crippen molar-refractivity contribution in [2.45, 2.75) is 19.4 Å². The predicted molar refractivity (Wildman–Crippen MR) is 64.0 cm³/mol. The summed E-state index contributed by atoms with van der Waals surface area (Å²) in [6.07, 6.45) is 1.47. The molecule has 17 heavy (non-hydrogen) atoms. The van der Waals surface area contributed by atoms with Crippen LogP contribution in [0.4, 0.5) is 11.5 Å². The van der Waals surface area contributed by atoms with Crippen LogP contribution in [0.3, 0.4) is 0 Å². The van der Waals surface area contributed by atoms with Crippen LogP contribution in [0.25, 0.3) is 0 Å². The molecule has 0 aliphatic carbocycles. The van der Waals surface area contributed by atoms with E-state index in [-0.39, 0.29) is 16.8 Å². The Labute approximate surface area is 104 Å². The number of pyridine rings is 1. The highest BCUT2D eigenvalue weighted by Gasteiger charge is 2.17. The highest BCUT2D eigenvalue weighted by atomic mass is 35.5. The molecule has 1 unspecified atom stereocenters. The van der Waals surface area contributed by atoms with Crippen molar-refractivity contribution < 1.29 is 4.92 Å². The molecule has 0 saturated carbocycles. The SMILES string of the molecule is CC(CC#N)N(C)c1ncc([N+](=O)[O-])cc1Cl. The smallest absolute Gasteiger partial charge is 0.289 e. The Morgan fingerprint density at radius 3 is 2.88 bits per heavy atom. The van der Waals surface area contributed by atoms with Crippen LogP contribution in [0, 0.1) is 21.4 Å². The van der Waals surface area contributed by atoms with Crippen LogP contribution in [0.5, 0.6) is 0 Å². The van der Waals surface area contributed by atoms with E-state index in [0.29, 0.717) is 12.2 Å². The van der Waals surface area contributed by atoms with Crippen molar-refractivity contribution >= 4 is 23.1 Å². The number of aromatic nitrogens is 1. The number of anilines is 1. The molecule has 1 rings (SSSR count). The predicted octanol–water partition coefficient (Wildman–Crippen LogP) is 2.38. The Bertz CT molecular complexity index is 472. The van der Waals surface area contributed by atoms with Gasteiger partial charge in [-0.3, -0.25) is 10.1 Å². The molecule has 6 nitrogen and oxygen atoms in total. The first-order chi connectivity index (χ1) is 7.97. The number of rotatable bonds is 4. The Morgan fingerprint density at radius 2 is 2.41 bits per heavy atom. The average molecular weight is 255 g/mol. The number of halogens is 1. The molecule has 0 radical (unpaired) electrons. The number of hydrogen-bond acceptors (Lipinski definition) is 5. The zero-order valence-corrected chi connectivity index (χ0v) is 10.2. The fraction of sp³-hybridized carbons (Fsp3) is 0.400. The summed E-state index contributed by atoms with van der Waals surface area (Å²) in [5.74, 6) is 0.431. The first kappa shape index (κ1) is 13.2. The highest BCUT2D eigenvalue weighted by molar-refractivity contribution is 6.33. The van der Waals surface area contributed by atoms with Gasteiger partial charge >= 0.3 is 0 Å². The van der Waals surface area contributed by atoms with Gasteiger partial charge in [0.1, 0.15) is 12.0 Å². The maximum absolute atomic E-state index is 10.5. The summed E-state index contributed by atoms with van der Waals surface area (Å²) in [5.41, 5.74) is -0.153. The molecule has 0 amide bonds. The molecule has 0 aromatic carbocycles. The number of nitriles is 1. The van der Waals surface area contributed by atoms with Crippen molar-refractivity contribution in [2.75, 3.05) is 11.9 Å². The summed E-state index contributed by atoms with van der Waals surface area (Å²) in [4.78, 5) is 15.6. The third kappa shape index (κ3) is 3.04. The number of nitrogens with zero attached hydrogens (tertiary/aromatic N) is 4. The first-order valence-electron chi connectivity index (χ1n) is 4.87. The molecule has 0 bridgehead atoms. The van der Waals surface area contributed by atoms with Crippen LogP contribution in [0.15, 0.2) is 12.3 Å². The highest BCUT2D eigenvalue weighted by Crippen LogP contribution is 2.27. The maximum Gasteiger partial charge on any atom is 0.289 e. The molecule has 7 heteroatoms. The van der Waals surface area contributed by atoms with Crippen LogP contribution < -0.4 is 4.90 Å². The Kier molecular flexibility index (Phi) is 4.24. The normalized spacial score (nSPS) is 11.6. The molecule has 0 spiro atoms. The Morgan fingerprint density at radius 1 is 1.76 bits per heavy atom. The van der Waals surface area contributed by atoms with Crippen LogP contribution >= 0.6 is 11.6 Å². The fourth-order valence-corrected chi connectivity index (χ4v) is 1.55. The molecule has 1 atom stereocenters. The van der Waals surface area contributed by atoms with Gasteiger partial charge in [0, 0.05) is 19.2 Å². The summed E-state index contributed by atoms with van der Waals surface area (Å²) in [7, 11) is 1.74. The second kappa shape index (κ2) is 5.46. The van der Waals surface area contributed by atoms with Gasteiger partial charge in [0.25, 0.3) is 5.69 Å². The minimum absolute atomic E-state index is 0.0635. The standard InChI is InChI=1S/C10H11ClN4O2/c1-7(3-4-12)14(2)10-9(11)5-8(6-13-10)15(16)17/h5-7H,3H2,1-2H3. The van der Waals surface area contributed by atoms with Crippen molar-refractivity contribution in [3.63, 3.8) is 0 Å². The lowest BCUT2D eigenvalue weighted by atomic mass is 10.2. The van der Waals surface area contributed by atoms with Crippen molar-refractivity contribution in [1.29, 1.82) is 5.26 Å². The molecule has 0 aliphatic heterocycles. The first-order valence-corrected chi connectivity index (χ1v) is 5.25. The molecule has 1 aromatic rings. The second-order valence-electron chi connectivity index (χ2n) is 3.58. The lowest BCUT2D eigenvalue weighted by molar-refractivity contribution is -0.385. The molecule has 0 fully saturated rings. The van der Waals surface area contributed by atoms with E-state index in [9.17, 15) is 10.1 Å². The summed E-state index contributed by atoms with van der Waals surface area (Å²) >= 11 is 5.92. The molecule has 90 valence electrons. The summed E-state index contributed by atoms with van der Waals surface area (Å²) in [6.45, 7) is 1.85.